The van der Waals surface area contributed by atoms with Crippen molar-refractivity contribution in [3.63, 3.8) is 0 Å². The fraction of sp³-hybridized carbons (Fsp3) is 0.857. The molecule has 53 valence electrons. The van der Waals surface area contributed by atoms with Crippen LogP contribution in [0, 0.1) is 16.7 Å². The molecule has 0 rings (SSSR count). The molecule has 0 atom stereocenters. The molecule has 3 heteroatoms. The molecule has 0 aromatic carbocycles. The molecule has 1 radical (unpaired) electrons. The van der Waals surface area contributed by atoms with E-state index in [1.165, 1.54) is 0 Å². The molecule has 0 aliphatic rings. The van der Waals surface area contributed by atoms with Gasteiger partial charge in [0.05, 0.1) is 0 Å². The fourth-order valence-electron chi connectivity index (χ4n) is 0.298. The SMILES string of the molecule is [B]=NC(C)(C)C(C)(C)C#N. The van der Waals surface area contributed by atoms with Gasteiger partial charge in [-0.2, -0.15) is 0 Å². The summed E-state index contributed by atoms with van der Waals surface area (Å²) >= 11 is 0. The molecule has 0 spiro atoms. The maximum absolute atomic E-state index is 8.70. The van der Waals surface area contributed by atoms with Crippen molar-refractivity contribution in [2.75, 3.05) is 0 Å². The van der Waals surface area contributed by atoms with Crippen LogP contribution in [0.25, 0.3) is 0 Å². The van der Waals surface area contributed by atoms with Gasteiger partial charge in [0, 0.05) is 0 Å². The van der Waals surface area contributed by atoms with Crippen LogP contribution >= 0.6 is 0 Å². The molecule has 0 aliphatic heterocycles. The number of hydrogen-bond donors (Lipinski definition) is 0. The van der Waals surface area contributed by atoms with Crippen LogP contribution in [0.4, 0.5) is 0 Å². The van der Waals surface area contributed by atoms with E-state index < -0.39 is 11.0 Å². The van der Waals surface area contributed by atoms with Gasteiger partial charge >= 0.3 is 62.5 Å². The Hall–Kier alpha value is -0.645. The first-order valence-electron chi connectivity index (χ1n) is 3.21. The van der Waals surface area contributed by atoms with Crippen molar-refractivity contribution in [2.24, 2.45) is 10.3 Å². The predicted molar refractivity (Wildman–Crippen MR) is 41.7 cm³/mol. The number of nitrogens with zero attached hydrogens (tertiary/aromatic N) is 2. The summed E-state index contributed by atoms with van der Waals surface area (Å²) in [5, 5.41) is 8.70. The Morgan fingerprint density at radius 1 is 1.30 bits per heavy atom. The Morgan fingerprint density at radius 3 is 1.80 bits per heavy atom. The molecule has 0 saturated carbocycles. The van der Waals surface area contributed by atoms with Gasteiger partial charge in [0.2, 0.25) is 0 Å². The van der Waals surface area contributed by atoms with Gasteiger partial charge in [-0.1, -0.05) is 0 Å². The third kappa shape index (κ3) is 1.44. The van der Waals surface area contributed by atoms with Crippen LogP contribution in [0.5, 0.6) is 0 Å². The predicted octanol–water partition coefficient (Wildman–Crippen LogP) is 1.67. The number of nitriles is 1. The summed E-state index contributed by atoms with van der Waals surface area (Å²) in [5.41, 5.74) is -0.969. The Bertz CT molecular complexity index is 177. The van der Waals surface area contributed by atoms with Crippen molar-refractivity contribution in [3.05, 3.63) is 0 Å². The summed E-state index contributed by atoms with van der Waals surface area (Å²) in [5.74, 6) is 0. The molecule has 0 saturated heterocycles. The molecule has 0 aliphatic carbocycles. The first-order valence-corrected chi connectivity index (χ1v) is 3.21. The van der Waals surface area contributed by atoms with Crippen LogP contribution in [-0.2, 0) is 0 Å². The van der Waals surface area contributed by atoms with E-state index in [1.54, 1.807) is 0 Å². The molecule has 0 aromatic heterocycles. The summed E-state index contributed by atoms with van der Waals surface area (Å²) in [6, 6.07) is 2.16. The van der Waals surface area contributed by atoms with Crippen LogP contribution in [-0.4, -0.2) is 13.2 Å². The van der Waals surface area contributed by atoms with E-state index in [9.17, 15) is 0 Å². The Labute approximate surface area is 63.4 Å². The van der Waals surface area contributed by atoms with Crippen molar-refractivity contribution in [2.45, 2.75) is 33.2 Å². The normalized spacial score (nSPS) is 12.2. The van der Waals surface area contributed by atoms with Crippen molar-refractivity contribution < 1.29 is 0 Å². The van der Waals surface area contributed by atoms with Crippen LogP contribution < -0.4 is 0 Å². The van der Waals surface area contributed by atoms with E-state index in [2.05, 4.69) is 11.0 Å². The van der Waals surface area contributed by atoms with Gasteiger partial charge in [-0.3, -0.25) is 0 Å². The van der Waals surface area contributed by atoms with Gasteiger partial charge < -0.3 is 0 Å². The van der Waals surface area contributed by atoms with Crippen LogP contribution in [0.3, 0.4) is 0 Å². The van der Waals surface area contributed by atoms with Crippen molar-refractivity contribution >= 4 is 7.64 Å². The summed E-state index contributed by atoms with van der Waals surface area (Å²) in [4.78, 5) is 3.64. The van der Waals surface area contributed by atoms with Gasteiger partial charge in [0.15, 0.2) is 0 Å². The second-order valence-corrected chi connectivity index (χ2v) is 3.42. The van der Waals surface area contributed by atoms with E-state index in [0.29, 0.717) is 0 Å². The Morgan fingerprint density at radius 2 is 1.70 bits per heavy atom. The molecule has 0 unspecified atom stereocenters. The number of hydrogen-bond acceptors (Lipinski definition) is 2. The summed E-state index contributed by atoms with van der Waals surface area (Å²) in [7, 11) is 5.14. The average molecular weight is 135 g/mol. The number of rotatable bonds is 2. The summed E-state index contributed by atoms with van der Waals surface area (Å²) in [6.45, 7) is 7.33. The Balaban J connectivity index is 4.65. The second kappa shape index (κ2) is 2.53. The minimum atomic E-state index is -0.498. The molecule has 0 bridgehead atoms. The third-order valence-corrected chi connectivity index (χ3v) is 2.13. The van der Waals surface area contributed by atoms with E-state index in [1.807, 2.05) is 27.7 Å². The van der Waals surface area contributed by atoms with Crippen molar-refractivity contribution in [3.8, 4) is 6.07 Å². The summed E-state index contributed by atoms with van der Waals surface area (Å²) in [6.07, 6.45) is 0. The molecule has 10 heavy (non-hydrogen) atoms. The molecule has 0 amide bonds. The monoisotopic (exact) mass is 135 g/mol. The van der Waals surface area contributed by atoms with Crippen molar-refractivity contribution in [1.82, 2.24) is 0 Å². The first-order chi connectivity index (χ1) is 4.37. The standard InChI is InChI=1S/C7H12BN2/c1-6(2,5-9)7(3,4)10-8/h1-4H3. The van der Waals surface area contributed by atoms with E-state index in [4.69, 9.17) is 12.9 Å². The van der Waals surface area contributed by atoms with Gasteiger partial charge in [0.1, 0.15) is 0 Å². The fourth-order valence-corrected chi connectivity index (χ4v) is 0.298. The van der Waals surface area contributed by atoms with Crippen LogP contribution in [0.2, 0.25) is 0 Å². The average Bonchev–Trinajstić information content (AvgIpc) is 1.88. The van der Waals surface area contributed by atoms with Gasteiger partial charge in [-0.15, -0.1) is 0 Å². The first kappa shape index (κ1) is 9.35. The van der Waals surface area contributed by atoms with E-state index in [-0.39, 0.29) is 0 Å². The second-order valence-electron chi connectivity index (χ2n) is 3.42. The van der Waals surface area contributed by atoms with Crippen molar-refractivity contribution in [1.29, 1.82) is 5.26 Å². The molecule has 0 aromatic rings. The zero-order valence-electron chi connectivity index (χ0n) is 6.97. The molecular formula is C7H12BN2. The molecule has 0 N–H and O–H groups in total. The molecule has 0 heterocycles. The van der Waals surface area contributed by atoms with Crippen LogP contribution in [0.1, 0.15) is 27.7 Å². The van der Waals surface area contributed by atoms with Gasteiger partial charge in [-0.25, -0.2) is 0 Å². The minimum absolute atomic E-state index is 0.470. The maximum atomic E-state index is 8.70. The molecular weight excluding hydrogens is 123 g/mol. The van der Waals surface area contributed by atoms with E-state index >= 15 is 0 Å². The molecule has 0 fully saturated rings. The summed E-state index contributed by atoms with van der Waals surface area (Å²) < 4.78 is 0. The third-order valence-electron chi connectivity index (χ3n) is 2.13. The quantitative estimate of drug-likeness (QED) is 0.530. The zero-order chi connectivity index (χ0) is 8.41. The topological polar surface area (TPSA) is 36.1 Å². The molecule has 2 nitrogen and oxygen atoms in total. The van der Waals surface area contributed by atoms with Gasteiger partial charge in [0.25, 0.3) is 0 Å². The van der Waals surface area contributed by atoms with Gasteiger partial charge in [-0.05, 0) is 0 Å². The van der Waals surface area contributed by atoms with Crippen LogP contribution in [0.15, 0.2) is 4.90 Å². The Kier molecular flexibility index (Phi) is 2.37. The zero-order valence-corrected chi connectivity index (χ0v) is 6.97. The van der Waals surface area contributed by atoms with E-state index in [0.717, 1.165) is 0 Å².